The van der Waals surface area contributed by atoms with E-state index in [-0.39, 0.29) is 12.5 Å². The molecule has 0 aliphatic carbocycles. The van der Waals surface area contributed by atoms with Gasteiger partial charge in [0.15, 0.2) is 0 Å². The average molecular weight is 260 g/mol. The van der Waals surface area contributed by atoms with E-state index < -0.39 is 0 Å². The summed E-state index contributed by atoms with van der Waals surface area (Å²) in [6.07, 6.45) is 1.71. The van der Waals surface area contributed by atoms with Crippen LogP contribution in [0.25, 0.3) is 0 Å². The van der Waals surface area contributed by atoms with Crippen LogP contribution < -0.4 is 5.32 Å². The Labute approximate surface area is 109 Å². The first kappa shape index (κ1) is 12.4. The number of aliphatic hydroxyl groups excluding tert-OH is 1. The lowest BCUT2D eigenvalue weighted by atomic mass is 10.2. The molecule has 4 nitrogen and oxygen atoms in total. The van der Waals surface area contributed by atoms with Gasteiger partial charge in [0.05, 0.1) is 6.54 Å². The quantitative estimate of drug-likeness (QED) is 0.729. The number of hydrogen-bond acceptors (Lipinski definition) is 3. The van der Waals surface area contributed by atoms with Crippen molar-refractivity contribution >= 4 is 17.2 Å². The molecule has 0 aliphatic heterocycles. The minimum Gasteiger partial charge on any atom is -0.384 e. The lowest BCUT2D eigenvalue weighted by Gasteiger charge is -2.02. The first-order valence-electron chi connectivity index (χ1n) is 5.39. The highest BCUT2D eigenvalue weighted by molar-refractivity contribution is 7.10. The molecule has 0 atom stereocenters. The summed E-state index contributed by atoms with van der Waals surface area (Å²) in [5.41, 5.74) is 1.38. The van der Waals surface area contributed by atoms with Crippen LogP contribution in [0.3, 0.4) is 0 Å². The zero-order chi connectivity index (χ0) is 12.8. The number of rotatable bonds is 3. The topological polar surface area (TPSA) is 65.1 Å². The van der Waals surface area contributed by atoms with E-state index in [1.807, 2.05) is 11.4 Å². The molecular formula is C13H12N2O2S. The Hall–Kier alpha value is -2.03. The van der Waals surface area contributed by atoms with Crippen LogP contribution in [0.15, 0.2) is 29.8 Å². The number of carbonyl (C=O) groups is 1. The highest BCUT2D eigenvalue weighted by Crippen LogP contribution is 2.15. The number of aromatic amines is 1. The number of hydrogen-bond donors (Lipinski definition) is 3. The van der Waals surface area contributed by atoms with Gasteiger partial charge in [-0.15, -0.1) is 11.3 Å². The molecule has 5 heteroatoms. The normalized spacial score (nSPS) is 9.61. The highest BCUT2D eigenvalue weighted by Gasteiger charge is 2.07. The lowest BCUT2D eigenvalue weighted by Crippen LogP contribution is -2.22. The van der Waals surface area contributed by atoms with Gasteiger partial charge in [-0.2, -0.15) is 0 Å². The fourth-order valence-corrected chi connectivity index (χ4v) is 2.22. The van der Waals surface area contributed by atoms with E-state index in [2.05, 4.69) is 22.1 Å². The van der Waals surface area contributed by atoms with Crippen LogP contribution >= 0.6 is 11.3 Å². The molecule has 0 aliphatic rings. The van der Waals surface area contributed by atoms with Crippen LogP contribution in [0.5, 0.6) is 0 Å². The molecule has 2 aromatic rings. The maximum atomic E-state index is 11.7. The number of carbonyl (C=O) groups excluding carboxylic acids is 1. The predicted molar refractivity (Wildman–Crippen MR) is 70.2 cm³/mol. The summed E-state index contributed by atoms with van der Waals surface area (Å²) in [6, 6.07) is 5.37. The zero-order valence-electron chi connectivity index (χ0n) is 9.56. The Morgan fingerprint density at radius 3 is 3.11 bits per heavy atom. The highest BCUT2D eigenvalue weighted by atomic mass is 32.1. The molecule has 92 valence electrons. The van der Waals surface area contributed by atoms with E-state index in [1.54, 1.807) is 18.3 Å². The first-order chi connectivity index (χ1) is 8.81. The first-order valence-corrected chi connectivity index (χ1v) is 6.27. The molecule has 0 bridgehead atoms. The maximum absolute atomic E-state index is 11.7. The zero-order valence-corrected chi connectivity index (χ0v) is 10.4. The van der Waals surface area contributed by atoms with Gasteiger partial charge in [0.2, 0.25) is 0 Å². The number of thiophene rings is 1. The summed E-state index contributed by atoms with van der Waals surface area (Å²) in [5, 5.41) is 13.4. The minimum atomic E-state index is -0.163. The van der Waals surface area contributed by atoms with Gasteiger partial charge in [0.1, 0.15) is 12.3 Å². The van der Waals surface area contributed by atoms with Gasteiger partial charge in [-0.05, 0) is 23.6 Å². The molecular weight excluding hydrogens is 248 g/mol. The predicted octanol–water partition coefficient (Wildman–Crippen LogP) is 1.35. The van der Waals surface area contributed by atoms with Crippen molar-refractivity contribution in [3.8, 4) is 11.8 Å². The number of nitrogens with one attached hydrogen (secondary N) is 2. The molecule has 0 spiro atoms. The minimum absolute atomic E-state index is 0.144. The van der Waals surface area contributed by atoms with Crippen molar-refractivity contribution < 1.29 is 9.90 Å². The Bertz CT molecular complexity index is 576. The third kappa shape index (κ3) is 3.00. The Morgan fingerprint density at radius 1 is 1.50 bits per heavy atom. The molecule has 2 rings (SSSR count). The standard InChI is InChI=1S/C13H12N2O2S/c16-7-2-3-10-5-8-18-12(10)9-15-13(17)11-4-1-6-14-11/h1,4-6,8,14,16H,7,9H2,(H,15,17). The van der Waals surface area contributed by atoms with Gasteiger partial charge in [0.25, 0.3) is 5.91 Å². The largest absolute Gasteiger partial charge is 0.384 e. The molecule has 2 heterocycles. The number of aromatic nitrogens is 1. The molecule has 18 heavy (non-hydrogen) atoms. The van der Waals surface area contributed by atoms with E-state index in [0.717, 1.165) is 10.4 Å². The van der Waals surface area contributed by atoms with Crippen LogP contribution in [0.2, 0.25) is 0 Å². The van der Waals surface area contributed by atoms with Crippen molar-refractivity contribution in [2.45, 2.75) is 6.54 Å². The summed E-state index contributed by atoms with van der Waals surface area (Å²) >= 11 is 1.53. The fourth-order valence-electron chi connectivity index (χ4n) is 1.45. The van der Waals surface area contributed by atoms with Gasteiger partial charge in [-0.1, -0.05) is 11.8 Å². The lowest BCUT2D eigenvalue weighted by molar-refractivity contribution is 0.0947. The van der Waals surface area contributed by atoms with Crippen molar-refractivity contribution in [2.75, 3.05) is 6.61 Å². The molecule has 2 aromatic heterocycles. The molecule has 0 unspecified atom stereocenters. The summed E-state index contributed by atoms with van der Waals surface area (Å²) in [7, 11) is 0. The van der Waals surface area contributed by atoms with E-state index in [9.17, 15) is 4.79 Å². The number of aliphatic hydroxyl groups is 1. The SMILES string of the molecule is O=C(NCc1sccc1C#CCO)c1ccc[nH]1. The smallest absolute Gasteiger partial charge is 0.267 e. The summed E-state index contributed by atoms with van der Waals surface area (Å²) in [6.45, 7) is 0.273. The Balaban J connectivity index is 1.98. The van der Waals surface area contributed by atoms with Crippen LogP contribution in [0.4, 0.5) is 0 Å². The van der Waals surface area contributed by atoms with Gasteiger partial charge < -0.3 is 15.4 Å². The third-order valence-electron chi connectivity index (χ3n) is 2.30. The molecule has 0 saturated carbocycles. The van der Waals surface area contributed by atoms with Crippen molar-refractivity contribution in [3.05, 3.63) is 45.9 Å². The Kier molecular flexibility index (Phi) is 4.18. The summed E-state index contributed by atoms with van der Waals surface area (Å²) < 4.78 is 0. The van der Waals surface area contributed by atoms with E-state index in [4.69, 9.17) is 5.11 Å². The summed E-state index contributed by atoms with van der Waals surface area (Å²) in [5.74, 6) is 5.31. The van der Waals surface area contributed by atoms with Crippen molar-refractivity contribution in [2.24, 2.45) is 0 Å². The summed E-state index contributed by atoms with van der Waals surface area (Å²) in [4.78, 5) is 15.5. The average Bonchev–Trinajstić information content (AvgIpc) is 3.04. The fraction of sp³-hybridized carbons (Fsp3) is 0.154. The monoisotopic (exact) mass is 260 g/mol. The molecule has 0 fully saturated rings. The molecule has 0 radical (unpaired) electrons. The number of amides is 1. The molecule has 3 N–H and O–H groups in total. The third-order valence-corrected chi connectivity index (χ3v) is 3.22. The van der Waals surface area contributed by atoms with E-state index in [0.29, 0.717) is 12.2 Å². The van der Waals surface area contributed by atoms with Crippen LogP contribution in [0.1, 0.15) is 20.9 Å². The molecule has 0 saturated heterocycles. The van der Waals surface area contributed by atoms with Crippen molar-refractivity contribution in [1.82, 2.24) is 10.3 Å². The second-order valence-electron chi connectivity index (χ2n) is 3.48. The molecule has 0 aromatic carbocycles. The van der Waals surface area contributed by atoms with E-state index in [1.165, 1.54) is 11.3 Å². The van der Waals surface area contributed by atoms with E-state index >= 15 is 0 Å². The van der Waals surface area contributed by atoms with Crippen molar-refractivity contribution in [1.29, 1.82) is 0 Å². The van der Waals surface area contributed by atoms with Gasteiger partial charge in [-0.25, -0.2) is 0 Å². The number of H-pyrrole nitrogens is 1. The van der Waals surface area contributed by atoms with Crippen LogP contribution in [0, 0.1) is 11.8 Å². The second kappa shape index (κ2) is 6.05. The van der Waals surface area contributed by atoms with Gasteiger partial charge in [-0.3, -0.25) is 4.79 Å². The maximum Gasteiger partial charge on any atom is 0.267 e. The Morgan fingerprint density at radius 2 is 2.39 bits per heavy atom. The van der Waals surface area contributed by atoms with Crippen LogP contribution in [-0.4, -0.2) is 22.6 Å². The second-order valence-corrected chi connectivity index (χ2v) is 4.48. The van der Waals surface area contributed by atoms with Gasteiger partial charge >= 0.3 is 0 Å². The van der Waals surface area contributed by atoms with Crippen LogP contribution in [-0.2, 0) is 6.54 Å². The van der Waals surface area contributed by atoms with Crippen molar-refractivity contribution in [3.63, 3.8) is 0 Å². The molecule has 1 amide bonds. The van der Waals surface area contributed by atoms with Gasteiger partial charge in [0, 0.05) is 16.6 Å².